The van der Waals surface area contributed by atoms with E-state index in [4.69, 9.17) is 4.74 Å². The topological polar surface area (TPSA) is 47.0 Å². The highest BCUT2D eigenvalue weighted by Crippen LogP contribution is 2.05. The van der Waals surface area contributed by atoms with E-state index in [1.165, 1.54) is 0 Å². The molecule has 0 spiro atoms. The van der Waals surface area contributed by atoms with Gasteiger partial charge in [-0.25, -0.2) is 4.98 Å². The van der Waals surface area contributed by atoms with Crippen molar-refractivity contribution in [2.75, 3.05) is 19.0 Å². The maximum absolute atomic E-state index is 5.12. The standard InChI is InChI=1S/C10H17N3O/c1-3-4-9(8-14-2)13-10-7-11-5-6-12-10/h5-7,9H,3-4,8H2,1-2H3,(H,12,13). The number of hydrogen-bond donors (Lipinski definition) is 1. The minimum atomic E-state index is 0.321. The number of nitrogens with zero attached hydrogens (tertiary/aromatic N) is 2. The number of hydrogen-bond acceptors (Lipinski definition) is 4. The van der Waals surface area contributed by atoms with Gasteiger partial charge in [0, 0.05) is 19.5 Å². The van der Waals surface area contributed by atoms with E-state index in [1.807, 2.05) is 0 Å². The first-order valence-corrected chi connectivity index (χ1v) is 4.88. The lowest BCUT2D eigenvalue weighted by Crippen LogP contribution is -2.25. The molecule has 0 aromatic carbocycles. The second-order valence-corrected chi connectivity index (χ2v) is 3.18. The Labute approximate surface area is 84.7 Å². The molecule has 1 N–H and O–H groups in total. The van der Waals surface area contributed by atoms with Gasteiger partial charge in [-0.15, -0.1) is 0 Å². The maximum atomic E-state index is 5.12. The lowest BCUT2D eigenvalue weighted by molar-refractivity contribution is 0.182. The Kier molecular flexibility index (Phi) is 4.93. The molecule has 1 aromatic rings. The first kappa shape index (κ1) is 10.9. The highest BCUT2D eigenvalue weighted by molar-refractivity contribution is 5.31. The fraction of sp³-hybridized carbons (Fsp3) is 0.600. The summed E-state index contributed by atoms with van der Waals surface area (Å²) in [6.45, 7) is 2.85. The molecule has 0 amide bonds. The second kappa shape index (κ2) is 6.32. The Balaban J connectivity index is 2.46. The predicted octanol–water partition coefficient (Wildman–Crippen LogP) is 1.70. The number of anilines is 1. The highest BCUT2D eigenvalue weighted by atomic mass is 16.5. The Morgan fingerprint density at radius 1 is 1.50 bits per heavy atom. The van der Waals surface area contributed by atoms with Gasteiger partial charge in [-0.05, 0) is 6.42 Å². The molecule has 1 atom stereocenters. The SMILES string of the molecule is CCCC(COC)Nc1cnccn1. The molecule has 0 saturated carbocycles. The minimum absolute atomic E-state index is 0.321. The van der Waals surface area contributed by atoms with Gasteiger partial charge in [0.2, 0.25) is 0 Å². The zero-order valence-electron chi connectivity index (χ0n) is 8.73. The van der Waals surface area contributed by atoms with Crippen LogP contribution < -0.4 is 5.32 Å². The minimum Gasteiger partial charge on any atom is -0.383 e. The fourth-order valence-electron chi connectivity index (χ4n) is 1.33. The van der Waals surface area contributed by atoms with E-state index in [2.05, 4.69) is 22.2 Å². The summed E-state index contributed by atoms with van der Waals surface area (Å²) in [6.07, 6.45) is 7.26. The van der Waals surface area contributed by atoms with Gasteiger partial charge in [0.15, 0.2) is 0 Å². The lowest BCUT2D eigenvalue weighted by Gasteiger charge is -2.17. The van der Waals surface area contributed by atoms with E-state index >= 15 is 0 Å². The van der Waals surface area contributed by atoms with E-state index in [1.54, 1.807) is 25.7 Å². The van der Waals surface area contributed by atoms with Crippen molar-refractivity contribution < 1.29 is 4.74 Å². The number of nitrogens with one attached hydrogen (secondary N) is 1. The van der Waals surface area contributed by atoms with Crippen LogP contribution in [0.3, 0.4) is 0 Å². The summed E-state index contributed by atoms with van der Waals surface area (Å²) in [5, 5.41) is 3.28. The summed E-state index contributed by atoms with van der Waals surface area (Å²) in [4.78, 5) is 8.15. The molecule has 0 fully saturated rings. The third-order valence-electron chi connectivity index (χ3n) is 1.92. The van der Waals surface area contributed by atoms with E-state index in [-0.39, 0.29) is 0 Å². The van der Waals surface area contributed by atoms with Gasteiger partial charge < -0.3 is 10.1 Å². The van der Waals surface area contributed by atoms with Crippen LogP contribution in [0, 0.1) is 0 Å². The molecule has 0 aliphatic carbocycles. The van der Waals surface area contributed by atoms with Crippen molar-refractivity contribution in [2.45, 2.75) is 25.8 Å². The largest absolute Gasteiger partial charge is 0.383 e. The van der Waals surface area contributed by atoms with Crippen molar-refractivity contribution in [1.82, 2.24) is 9.97 Å². The summed E-state index contributed by atoms with van der Waals surface area (Å²) in [6, 6.07) is 0.321. The van der Waals surface area contributed by atoms with Crippen molar-refractivity contribution in [3.63, 3.8) is 0 Å². The van der Waals surface area contributed by atoms with Gasteiger partial charge in [-0.2, -0.15) is 0 Å². The van der Waals surface area contributed by atoms with Crippen LogP contribution in [0.1, 0.15) is 19.8 Å². The van der Waals surface area contributed by atoms with Crippen molar-refractivity contribution in [2.24, 2.45) is 0 Å². The monoisotopic (exact) mass is 195 g/mol. The number of methoxy groups -OCH3 is 1. The molecule has 14 heavy (non-hydrogen) atoms. The van der Waals surface area contributed by atoms with Gasteiger partial charge in [-0.3, -0.25) is 4.98 Å². The summed E-state index contributed by atoms with van der Waals surface area (Å²) >= 11 is 0. The first-order valence-electron chi connectivity index (χ1n) is 4.88. The fourth-order valence-corrected chi connectivity index (χ4v) is 1.33. The first-order chi connectivity index (χ1) is 6.86. The Hall–Kier alpha value is -1.16. The number of rotatable bonds is 6. The molecule has 0 aliphatic rings. The average Bonchev–Trinajstić information content (AvgIpc) is 2.20. The van der Waals surface area contributed by atoms with Crippen LogP contribution in [0.25, 0.3) is 0 Å². The molecule has 78 valence electrons. The van der Waals surface area contributed by atoms with E-state index < -0.39 is 0 Å². The zero-order valence-corrected chi connectivity index (χ0v) is 8.73. The van der Waals surface area contributed by atoms with Crippen molar-refractivity contribution in [3.05, 3.63) is 18.6 Å². The smallest absolute Gasteiger partial charge is 0.144 e. The second-order valence-electron chi connectivity index (χ2n) is 3.18. The van der Waals surface area contributed by atoms with Crippen molar-refractivity contribution in [1.29, 1.82) is 0 Å². The molecule has 0 radical (unpaired) electrons. The highest BCUT2D eigenvalue weighted by Gasteiger charge is 2.06. The Bertz CT molecular complexity index is 234. The van der Waals surface area contributed by atoms with Gasteiger partial charge in [0.1, 0.15) is 5.82 Å². The predicted molar refractivity (Wildman–Crippen MR) is 56.2 cm³/mol. The Morgan fingerprint density at radius 3 is 2.93 bits per heavy atom. The van der Waals surface area contributed by atoms with Crippen LogP contribution in [0.2, 0.25) is 0 Å². The van der Waals surface area contributed by atoms with Gasteiger partial charge in [0.05, 0.1) is 18.8 Å². The molecule has 4 nitrogen and oxygen atoms in total. The van der Waals surface area contributed by atoms with Crippen LogP contribution >= 0.6 is 0 Å². The third kappa shape index (κ3) is 3.70. The van der Waals surface area contributed by atoms with Crippen LogP contribution in [-0.4, -0.2) is 29.7 Å². The van der Waals surface area contributed by atoms with E-state index in [0.717, 1.165) is 18.7 Å². The maximum Gasteiger partial charge on any atom is 0.144 e. The molecule has 1 unspecified atom stereocenters. The van der Waals surface area contributed by atoms with E-state index in [9.17, 15) is 0 Å². The Morgan fingerprint density at radius 2 is 2.36 bits per heavy atom. The van der Waals surface area contributed by atoms with Crippen molar-refractivity contribution >= 4 is 5.82 Å². The summed E-state index contributed by atoms with van der Waals surface area (Å²) in [5.74, 6) is 0.808. The van der Waals surface area contributed by atoms with Crippen LogP contribution in [0.5, 0.6) is 0 Å². The summed E-state index contributed by atoms with van der Waals surface area (Å²) in [5.41, 5.74) is 0. The van der Waals surface area contributed by atoms with Crippen LogP contribution in [0.4, 0.5) is 5.82 Å². The molecule has 1 aromatic heterocycles. The van der Waals surface area contributed by atoms with Crippen LogP contribution in [-0.2, 0) is 4.74 Å². The third-order valence-corrected chi connectivity index (χ3v) is 1.92. The van der Waals surface area contributed by atoms with Crippen molar-refractivity contribution in [3.8, 4) is 0 Å². The van der Waals surface area contributed by atoms with E-state index in [0.29, 0.717) is 12.6 Å². The van der Waals surface area contributed by atoms with Gasteiger partial charge in [-0.1, -0.05) is 13.3 Å². The molecule has 4 heteroatoms. The summed E-state index contributed by atoms with van der Waals surface area (Å²) < 4.78 is 5.12. The molecular weight excluding hydrogens is 178 g/mol. The summed E-state index contributed by atoms with van der Waals surface area (Å²) in [7, 11) is 1.71. The normalized spacial score (nSPS) is 12.4. The molecule has 1 heterocycles. The quantitative estimate of drug-likeness (QED) is 0.750. The molecule has 1 rings (SSSR count). The van der Waals surface area contributed by atoms with Gasteiger partial charge >= 0.3 is 0 Å². The average molecular weight is 195 g/mol. The number of ether oxygens (including phenoxy) is 1. The zero-order chi connectivity index (χ0) is 10.2. The van der Waals surface area contributed by atoms with Crippen LogP contribution in [0.15, 0.2) is 18.6 Å². The molecule has 0 saturated heterocycles. The number of aromatic nitrogens is 2. The van der Waals surface area contributed by atoms with Gasteiger partial charge in [0.25, 0.3) is 0 Å². The molecule has 0 aliphatic heterocycles. The lowest BCUT2D eigenvalue weighted by atomic mass is 10.2. The molecule has 0 bridgehead atoms. The molecular formula is C10H17N3O.